The van der Waals surface area contributed by atoms with Crippen LogP contribution in [0.25, 0.3) is 0 Å². The molecule has 0 fully saturated rings. The van der Waals surface area contributed by atoms with Crippen molar-refractivity contribution in [3.05, 3.63) is 23.8 Å². The molecule has 98 valence electrons. The van der Waals surface area contributed by atoms with Crippen LogP contribution in [-0.4, -0.2) is 42.1 Å². The van der Waals surface area contributed by atoms with E-state index < -0.39 is 12.1 Å². The fraction of sp³-hybridized carbons (Fsp3) is 0.333. The Balaban J connectivity index is 2.84. The first-order valence-corrected chi connectivity index (χ1v) is 5.33. The van der Waals surface area contributed by atoms with Crippen molar-refractivity contribution in [2.75, 3.05) is 19.8 Å². The van der Waals surface area contributed by atoms with Gasteiger partial charge in [0, 0.05) is 25.8 Å². The SMILES string of the molecule is CC(Oc1ccc(C(=O)O)c(N)c1)C(=O)N(C)C. The van der Waals surface area contributed by atoms with Crippen molar-refractivity contribution in [3.63, 3.8) is 0 Å². The van der Waals surface area contributed by atoms with Crippen molar-refractivity contribution in [3.8, 4) is 5.75 Å². The third-order valence-electron chi connectivity index (χ3n) is 2.35. The highest BCUT2D eigenvalue weighted by Crippen LogP contribution is 2.21. The summed E-state index contributed by atoms with van der Waals surface area (Å²) in [6, 6.07) is 4.21. The van der Waals surface area contributed by atoms with Crippen LogP contribution in [0, 0.1) is 0 Å². The number of nitrogens with two attached hydrogens (primary N) is 1. The third kappa shape index (κ3) is 3.13. The smallest absolute Gasteiger partial charge is 0.337 e. The number of amides is 1. The van der Waals surface area contributed by atoms with Crippen LogP contribution in [0.3, 0.4) is 0 Å². The van der Waals surface area contributed by atoms with Crippen molar-refractivity contribution in [1.29, 1.82) is 0 Å². The Morgan fingerprint density at radius 3 is 2.44 bits per heavy atom. The number of anilines is 1. The zero-order chi connectivity index (χ0) is 13.9. The van der Waals surface area contributed by atoms with Gasteiger partial charge < -0.3 is 20.5 Å². The van der Waals surface area contributed by atoms with Gasteiger partial charge in [-0.1, -0.05) is 0 Å². The number of benzene rings is 1. The molecule has 6 nitrogen and oxygen atoms in total. The summed E-state index contributed by atoms with van der Waals surface area (Å²) in [5, 5.41) is 8.82. The molecular formula is C12H16N2O4. The second-order valence-corrected chi connectivity index (χ2v) is 4.05. The van der Waals surface area contributed by atoms with Crippen LogP contribution in [0.2, 0.25) is 0 Å². The average molecular weight is 252 g/mol. The monoisotopic (exact) mass is 252 g/mol. The van der Waals surface area contributed by atoms with Crippen LogP contribution >= 0.6 is 0 Å². The Morgan fingerprint density at radius 1 is 1.39 bits per heavy atom. The van der Waals surface area contributed by atoms with E-state index in [1.165, 1.54) is 23.1 Å². The number of nitrogen functional groups attached to an aromatic ring is 1. The standard InChI is InChI=1S/C12H16N2O4/c1-7(11(15)14(2)3)18-8-4-5-9(12(16)17)10(13)6-8/h4-7H,13H2,1-3H3,(H,16,17). The van der Waals surface area contributed by atoms with E-state index in [2.05, 4.69) is 0 Å². The average Bonchev–Trinajstić information content (AvgIpc) is 2.27. The number of carbonyl (C=O) groups excluding carboxylic acids is 1. The van der Waals surface area contributed by atoms with Gasteiger partial charge in [0.05, 0.1) is 5.56 Å². The quantitative estimate of drug-likeness (QED) is 0.774. The van der Waals surface area contributed by atoms with E-state index >= 15 is 0 Å². The molecule has 0 saturated heterocycles. The summed E-state index contributed by atoms with van der Waals surface area (Å²) >= 11 is 0. The zero-order valence-corrected chi connectivity index (χ0v) is 10.5. The zero-order valence-electron chi connectivity index (χ0n) is 10.5. The predicted molar refractivity (Wildman–Crippen MR) is 66.6 cm³/mol. The Labute approximate surface area is 105 Å². The van der Waals surface area contributed by atoms with Crippen molar-refractivity contribution >= 4 is 17.6 Å². The molecule has 0 bridgehead atoms. The predicted octanol–water partition coefficient (Wildman–Crippen LogP) is 0.823. The minimum atomic E-state index is -1.10. The topological polar surface area (TPSA) is 92.9 Å². The Hall–Kier alpha value is -2.24. The van der Waals surface area contributed by atoms with E-state index in [0.29, 0.717) is 5.75 Å². The molecule has 1 atom stereocenters. The summed E-state index contributed by atoms with van der Waals surface area (Å²) in [4.78, 5) is 23.8. The van der Waals surface area contributed by atoms with Gasteiger partial charge in [0.15, 0.2) is 6.10 Å². The largest absolute Gasteiger partial charge is 0.481 e. The number of carbonyl (C=O) groups is 2. The molecule has 0 aliphatic rings. The number of carboxylic acid groups (broad SMARTS) is 1. The number of ether oxygens (including phenoxy) is 1. The molecule has 0 aliphatic heterocycles. The number of rotatable bonds is 4. The fourth-order valence-electron chi connectivity index (χ4n) is 1.43. The number of carboxylic acids is 1. The van der Waals surface area contributed by atoms with Crippen LogP contribution in [0.5, 0.6) is 5.75 Å². The van der Waals surface area contributed by atoms with Crippen LogP contribution in [0.15, 0.2) is 18.2 Å². The Morgan fingerprint density at radius 2 is 2.00 bits per heavy atom. The highest BCUT2D eigenvalue weighted by molar-refractivity contribution is 5.93. The fourth-order valence-corrected chi connectivity index (χ4v) is 1.43. The maximum Gasteiger partial charge on any atom is 0.337 e. The minimum Gasteiger partial charge on any atom is -0.481 e. The lowest BCUT2D eigenvalue weighted by molar-refractivity contribution is -0.135. The molecule has 0 saturated carbocycles. The third-order valence-corrected chi connectivity index (χ3v) is 2.35. The molecular weight excluding hydrogens is 236 g/mol. The molecule has 1 aromatic rings. The second-order valence-electron chi connectivity index (χ2n) is 4.05. The molecule has 1 rings (SSSR count). The summed E-state index contributed by atoms with van der Waals surface area (Å²) in [5.41, 5.74) is 5.69. The molecule has 3 N–H and O–H groups in total. The van der Waals surface area contributed by atoms with E-state index in [-0.39, 0.29) is 17.2 Å². The van der Waals surface area contributed by atoms with Crippen molar-refractivity contribution in [2.24, 2.45) is 0 Å². The maximum absolute atomic E-state index is 11.6. The lowest BCUT2D eigenvalue weighted by Gasteiger charge is -2.18. The summed E-state index contributed by atoms with van der Waals surface area (Å²) in [6.07, 6.45) is -0.657. The Bertz CT molecular complexity index is 471. The highest BCUT2D eigenvalue weighted by Gasteiger charge is 2.17. The lowest BCUT2D eigenvalue weighted by atomic mass is 10.2. The van der Waals surface area contributed by atoms with E-state index in [9.17, 15) is 9.59 Å². The molecule has 1 aromatic carbocycles. The van der Waals surface area contributed by atoms with Crippen LogP contribution in [0.1, 0.15) is 17.3 Å². The van der Waals surface area contributed by atoms with Crippen LogP contribution in [-0.2, 0) is 4.79 Å². The molecule has 1 unspecified atom stereocenters. The maximum atomic E-state index is 11.6. The second kappa shape index (κ2) is 5.39. The number of nitrogens with zero attached hydrogens (tertiary/aromatic N) is 1. The van der Waals surface area contributed by atoms with Crippen LogP contribution < -0.4 is 10.5 Å². The minimum absolute atomic E-state index is 0.00828. The van der Waals surface area contributed by atoms with Crippen molar-refractivity contribution in [1.82, 2.24) is 4.90 Å². The summed E-state index contributed by atoms with van der Waals surface area (Å²) in [7, 11) is 3.26. The first-order chi connectivity index (χ1) is 8.32. The molecule has 0 spiro atoms. The molecule has 0 aliphatic carbocycles. The molecule has 6 heteroatoms. The number of aromatic carboxylic acids is 1. The number of hydrogen-bond acceptors (Lipinski definition) is 4. The van der Waals surface area contributed by atoms with Gasteiger partial charge in [0.2, 0.25) is 0 Å². The van der Waals surface area contributed by atoms with Gasteiger partial charge in [-0.15, -0.1) is 0 Å². The van der Waals surface area contributed by atoms with Gasteiger partial charge in [-0.25, -0.2) is 4.79 Å². The van der Waals surface area contributed by atoms with E-state index in [4.69, 9.17) is 15.6 Å². The normalized spacial score (nSPS) is 11.7. The number of likely N-dealkylation sites (N-methyl/N-ethyl adjacent to an activating group) is 1. The van der Waals surface area contributed by atoms with Crippen molar-refractivity contribution < 1.29 is 19.4 Å². The summed E-state index contributed by atoms with van der Waals surface area (Å²) < 4.78 is 5.39. The highest BCUT2D eigenvalue weighted by atomic mass is 16.5. The van der Waals surface area contributed by atoms with Gasteiger partial charge in [-0.05, 0) is 19.1 Å². The van der Waals surface area contributed by atoms with Gasteiger partial charge in [-0.2, -0.15) is 0 Å². The lowest BCUT2D eigenvalue weighted by Crippen LogP contribution is -2.35. The first kappa shape index (κ1) is 13.8. The van der Waals surface area contributed by atoms with Crippen LogP contribution in [0.4, 0.5) is 5.69 Å². The summed E-state index contributed by atoms with van der Waals surface area (Å²) in [6.45, 7) is 1.61. The van der Waals surface area contributed by atoms with E-state index in [1.54, 1.807) is 21.0 Å². The summed E-state index contributed by atoms with van der Waals surface area (Å²) in [5.74, 6) is -0.924. The molecule has 18 heavy (non-hydrogen) atoms. The molecule has 0 heterocycles. The van der Waals surface area contributed by atoms with Crippen molar-refractivity contribution in [2.45, 2.75) is 13.0 Å². The van der Waals surface area contributed by atoms with Gasteiger partial charge in [0.25, 0.3) is 5.91 Å². The van der Waals surface area contributed by atoms with Gasteiger partial charge in [-0.3, -0.25) is 4.79 Å². The number of hydrogen-bond donors (Lipinski definition) is 2. The van der Waals surface area contributed by atoms with Gasteiger partial charge in [0.1, 0.15) is 5.75 Å². The molecule has 1 amide bonds. The first-order valence-electron chi connectivity index (χ1n) is 5.33. The molecule has 0 radical (unpaired) electrons. The van der Waals surface area contributed by atoms with Gasteiger partial charge >= 0.3 is 5.97 Å². The van der Waals surface area contributed by atoms with E-state index in [0.717, 1.165) is 0 Å². The Kier molecular flexibility index (Phi) is 4.14. The molecule has 0 aromatic heterocycles. The van der Waals surface area contributed by atoms with E-state index in [1.807, 2.05) is 0 Å².